The summed E-state index contributed by atoms with van der Waals surface area (Å²) in [5, 5.41) is 15.9. The molecule has 0 amide bonds. The number of nitrogens with one attached hydrogen (secondary N) is 1. The van der Waals surface area contributed by atoms with Gasteiger partial charge in [0.25, 0.3) is 0 Å². The highest BCUT2D eigenvalue weighted by atomic mass is 16.5. The van der Waals surface area contributed by atoms with Crippen molar-refractivity contribution in [2.45, 2.75) is 92.7 Å². The zero-order valence-corrected chi connectivity index (χ0v) is 28.6. The second kappa shape index (κ2) is 8.80. The van der Waals surface area contributed by atoms with E-state index >= 15 is 0 Å². The molecule has 13 rings (SSSR count). The predicted octanol–water partition coefficient (Wildman–Crippen LogP) is 4.76. The molecule has 0 radical (unpaired) electrons. The maximum atomic E-state index is 13.8. The fourth-order valence-electron chi connectivity index (χ4n) is 15.5. The van der Waals surface area contributed by atoms with E-state index in [-0.39, 0.29) is 51.9 Å². The maximum Gasteiger partial charge on any atom is 0.335 e. The lowest BCUT2D eigenvalue weighted by molar-refractivity contribution is -0.144. The van der Waals surface area contributed by atoms with Gasteiger partial charge in [-0.15, -0.1) is 0 Å². The quantitative estimate of drug-likeness (QED) is 0.417. The first-order chi connectivity index (χ1) is 24.5. The molecule has 2 aliphatic carbocycles. The molecule has 4 spiro atoms. The Hall–Kier alpha value is -3.37. The van der Waals surface area contributed by atoms with E-state index in [2.05, 4.69) is 56.4 Å². The number of carbonyl (C=O) groups is 1. The van der Waals surface area contributed by atoms with Crippen LogP contribution in [0.4, 0.5) is 11.4 Å². The first kappa shape index (κ1) is 28.2. The van der Waals surface area contributed by atoms with Crippen LogP contribution in [0.1, 0.15) is 62.5 Å². The lowest BCUT2D eigenvalue weighted by Crippen LogP contribution is -2.74. The number of phenols is 1. The van der Waals surface area contributed by atoms with Crippen LogP contribution in [0.25, 0.3) is 0 Å². The fourth-order valence-corrected chi connectivity index (χ4v) is 15.5. The molecule has 9 nitrogen and oxygen atoms in total. The number of aromatic hydroxyl groups is 1. The van der Waals surface area contributed by atoms with Crippen molar-refractivity contribution in [1.82, 2.24) is 9.80 Å². The summed E-state index contributed by atoms with van der Waals surface area (Å²) in [5.74, 6) is 0.412. The van der Waals surface area contributed by atoms with Gasteiger partial charge >= 0.3 is 5.97 Å². The SMILES string of the molecule is COC(=O)C1=C2Nc3ccccc3[C@@]23CCN2[C@@H]4[C@H](CC5=C6N4c4c(O)cccc4[C@@]64CCN6CC[C@@H]7OCC[C@]7(C5)[C@H]64)[C@@H]4OCC[C@]4(C1)[C@H]23. The number of benzene rings is 2. The summed E-state index contributed by atoms with van der Waals surface area (Å²) in [4.78, 5) is 22.2. The summed E-state index contributed by atoms with van der Waals surface area (Å²) in [6.07, 6.45) is 8.31. The molecule has 11 aliphatic rings. The minimum absolute atomic E-state index is 0.00474. The lowest BCUT2D eigenvalue weighted by atomic mass is 9.49. The number of para-hydroxylation sites is 2. The van der Waals surface area contributed by atoms with E-state index in [4.69, 9.17) is 14.2 Å². The third-order valence-electron chi connectivity index (χ3n) is 16.4. The number of phenolic OH excluding ortho intramolecular Hbond substituents is 1. The Balaban J connectivity index is 1.07. The number of hydrogen-bond donors (Lipinski definition) is 2. The highest BCUT2D eigenvalue weighted by molar-refractivity contribution is 5.93. The molecule has 2 aromatic carbocycles. The molecule has 0 aromatic heterocycles. The van der Waals surface area contributed by atoms with Crippen LogP contribution >= 0.6 is 0 Å². The summed E-state index contributed by atoms with van der Waals surface area (Å²) >= 11 is 0. The Labute approximate surface area is 292 Å². The molecule has 258 valence electrons. The van der Waals surface area contributed by atoms with Gasteiger partial charge in [-0.3, -0.25) is 9.80 Å². The summed E-state index contributed by atoms with van der Waals surface area (Å²) in [7, 11) is 1.53. The number of rotatable bonds is 1. The van der Waals surface area contributed by atoms with Crippen molar-refractivity contribution in [3.05, 3.63) is 76.1 Å². The second-order valence-corrected chi connectivity index (χ2v) is 17.6. The summed E-state index contributed by atoms with van der Waals surface area (Å²) in [5.41, 5.74) is 9.18. The average molecular weight is 673 g/mol. The minimum atomic E-state index is -0.346. The monoisotopic (exact) mass is 672 g/mol. The first-order valence-corrected chi connectivity index (χ1v) is 19.2. The number of piperidine rings is 2. The number of nitrogens with zero attached hydrogens (tertiary/aromatic N) is 3. The summed E-state index contributed by atoms with van der Waals surface area (Å²) in [6, 6.07) is 15.7. The third-order valence-corrected chi connectivity index (χ3v) is 16.4. The van der Waals surface area contributed by atoms with Crippen molar-refractivity contribution in [3.8, 4) is 5.75 Å². The summed E-state index contributed by atoms with van der Waals surface area (Å²) < 4.78 is 19.3. The maximum absolute atomic E-state index is 13.8. The van der Waals surface area contributed by atoms with Gasteiger partial charge in [0.2, 0.25) is 0 Å². The van der Waals surface area contributed by atoms with Crippen molar-refractivity contribution in [2.24, 2.45) is 16.7 Å². The Bertz CT molecular complexity index is 2030. The summed E-state index contributed by atoms with van der Waals surface area (Å²) in [6.45, 7) is 4.69. The molecule has 0 saturated carbocycles. The van der Waals surface area contributed by atoms with Crippen LogP contribution in [-0.4, -0.2) is 91.3 Å². The highest BCUT2D eigenvalue weighted by Gasteiger charge is 2.78. The Morgan fingerprint density at radius 2 is 1.76 bits per heavy atom. The molecule has 0 unspecified atom stereocenters. The number of methoxy groups -OCH3 is 1. The Kier molecular flexibility index (Phi) is 4.97. The first-order valence-electron chi connectivity index (χ1n) is 19.2. The topological polar surface area (TPSA) is 86.7 Å². The fraction of sp³-hybridized carbons (Fsp3) is 0.585. The Morgan fingerprint density at radius 1 is 0.920 bits per heavy atom. The third kappa shape index (κ3) is 2.72. The van der Waals surface area contributed by atoms with E-state index in [1.165, 1.54) is 23.9 Å². The second-order valence-electron chi connectivity index (χ2n) is 17.6. The molecule has 50 heavy (non-hydrogen) atoms. The molecule has 10 atom stereocenters. The highest BCUT2D eigenvalue weighted by Crippen LogP contribution is 2.75. The van der Waals surface area contributed by atoms with Crippen LogP contribution in [0.5, 0.6) is 5.75 Å². The smallest absolute Gasteiger partial charge is 0.335 e. The van der Waals surface area contributed by atoms with E-state index in [0.717, 1.165) is 93.8 Å². The van der Waals surface area contributed by atoms with E-state index in [9.17, 15) is 9.90 Å². The van der Waals surface area contributed by atoms with E-state index in [0.29, 0.717) is 30.9 Å². The van der Waals surface area contributed by atoms with Gasteiger partial charge in [0.05, 0.1) is 47.6 Å². The molecule has 6 fully saturated rings. The van der Waals surface area contributed by atoms with Crippen LogP contribution in [0, 0.1) is 16.7 Å². The molecule has 6 saturated heterocycles. The lowest BCUT2D eigenvalue weighted by Gasteiger charge is -2.65. The van der Waals surface area contributed by atoms with Crippen molar-refractivity contribution >= 4 is 17.3 Å². The molecule has 2 N–H and O–H groups in total. The van der Waals surface area contributed by atoms with Gasteiger partial charge in [0.1, 0.15) is 5.75 Å². The molecule has 9 heterocycles. The molecular weight excluding hydrogens is 628 g/mol. The zero-order valence-electron chi connectivity index (χ0n) is 28.6. The molecule has 9 aliphatic heterocycles. The number of carbonyl (C=O) groups excluding carboxylic acids is 1. The average Bonchev–Trinajstić information content (AvgIpc) is 3.98. The van der Waals surface area contributed by atoms with Crippen molar-refractivity contribution < 1.29 is 24.1 Å². The van der Waals surface area contributed by atoms with Gasteiger partial charge < -0.3 is 29.5 Å². The van der Waals surface area contributed by atoms with Gasteiger partial charge in [-0.1, -0.05) is 30.3 Å². The van der Waals surface area contributed by atoms with Gasteiger partial charge in [-0.2, -0.15) is 0 Å². The van der Waals surface area contributed by atoms with E-state index in [1.807, 2.05) is 6.07 Å². The van der Waals surface area contributed by atoms with Crippen LogP contribution in [0.15, 0.2) is 65.0 Å². The zero-order chi connectivity index (χ0) is 32.9. The van der Waals surface area contributed by atoms with Crippen molar-refractivity contribution in [2.75, 3.05) is 50.2 Å². The molecule has 9 heteroatoms. The van der Waals surface area contributed by atoms with Gasteiger partial charge in [-0.05, 0) is 86.7 Å². The van der Waals surface area contributed by atoms with Crippen LogP contribution in [0.2, 0.25) is 0 Å². The van der Waals surface area contributed by atoms with E-state index < -0.39 is 0 Å². The molecule has 2 aromatic rings. The minimum Gasteiger partial charge on any atom is -0.506 e. The number of hydrogen-bond acceptors (Lipinski definition) is 9. The number of ether oxygens (including phenoxy) is 3. The normalized spacial score (nSPS) is 45.2. The van der Waals surface area contributed by atoms with Crippen LogP contribution < -0.4 is 10.2 Å². The number of esters is 1. The van der Waals surface area contributed by atoms with Crippen molar-refractivity contribution in [3.63, 3.8) is 0 Å². The van der Waals surface area contributed by atoms with Gasteiger partial charge in [0, 0.05) is 72.2 Å². The molecule has 0 bridgehead atoms. The van der Waals surface area contributed by atoms with Crippen LogP contribution in [-0.2, 0) is 29.8 Å². The van der Waals surface area contributed by atoms with Crippen molar-refractivity contribution in [1.29, 1.82) is 0 Å². The largest absolute Gasteiger partial charge is 0.506 e. The predicted molar refractivity (Wildman–Crippen MR) is 184 cm³/mol. The number of anilines is 2. The standard InChI is InChI=1S/C41H44N4O5/c1-48-35(47)24-21-39-13-18-50-33(39)23-19-22-20-38-12-17-49-29(38)9-14-43-15-10-41(36(38)43)26-6-4-8-28(46)30(26)45(32(22)41)34(23)44-16-11-40(37(39)44)25-5-2-3-7-27(25)42-31(24)40/h2-8,23,29,33-34,36-37,42,46H,9-21H2,1H3/t23-,29+,33+,34+,36+,37+,38-,39-,40+,41+/m1/s1. The number of fused-ring (bicyclic) bond motifs is 7. The van der Waals surface area contributed by atoms with Crippen LogP contribution in [0.3, 0.4) is 0 Å². The van der Waals surface area contributed by atoms with Gasteiger partial charge in [-0.25, -0.2) is 4.79 Å². The molecular formula is C41H44N4O5. The van der Waals surface area contributed by atoms with E-state index in [1.54, 1.807) is 5.57 Å². The van der Waals surface area contributed by atoms with Gasteiger partial charge in [0.15, 0.2) is 0 Å². The Morgan fingerprint density at radius 3 is 2.68 bits per heavy atom. The number of allylic oxidation sites excluding steroid dienone is 1.